The van der Waals surface area contributed by atoms with Crippen LogP contribution < -0.4 is 10.6 Å². The lowest BCUT2D eigenvalue weighted by Crippen LogP contribution is -2.52. The molecule has 0 bridgehead atoms. The first-order valence-corrected chi connectivity index (χ1v) is 6.08. The van der Waals surface area contributed by atoms with E-state index in [1.807, 2.05) is 25.1 Å². The van der Waals surface area contributed by atoms with Gasteiger partial charge in [0, 0.05) is 5.69 Å². The van der Waals surface area contributed by atoms with Crippen molar-refractivity contribution in [2.75, 3.05) is 5.32 Å². The lowest BCUT2D eigenvalue weighted by Gasteiger charge is -2.38. The van der Waals surface area contributed by atoms with Gasteiger partial charge in [-0.1, -0.05) is 24.3 Å². The van der Waals surface area contributed by atoms with Crippen molar-refractivity contribution >= 4 is 11.6 Å². The molecule has 0 aliphatic carbocycles. The smallest absolute Gasteiger partial charge is 0.255 e. The molecule has 0 aromatic heterocycles. The summed E-state index contributed by atoms with van der Waals surface area (Å²) in [5, 5.41) is 15.6. The fourth-order valence-electron chi connectivity index (χ4n) is 2.32. The molecule has 0 fully saturated rings. The van der Waals surface area contributed by atoms with Crippen LogP contribution in [0.15, 0.2) is 48.5 Å². The monoisotopic (exact) mass is 254 g/mol. The number of anilines is 1. The van der Waals surface area contributed by atoms with Crippen molar-refractivity contribution in [3.8, 4) is 5.75 Å². The van der Waals surface area contributed by atoms with Crippen LogP contribution in [0.2, 0.25) is 0 Å². The summed E-state index contributed by atoms with van der Waals surface area (Å²) in [6, 6.07) is 14.2. The second-order valence-electron chi connectivity index (χ2n) is 4.80. The van der Waals surface area contributed by atoms with Gasteiger partial charge in [-0.25, -0.2) is 0 Å². The standard InChI is InChI=1S/C15H14N2O2/c1-15(10-6-8-11(18)9-7-10)16-13-5-3-2-4-12(13)14(19)17-15/h2-9,16,18H,1H3,(H,17,19). The van der Waals surface area contributed by atoms with E-state index in [0.717, 1.165) is 11.3 Å². The molecule has 1 amide bonds. The van der Waals surface area contributed by atoms with Crippen LogP contribution in [0.5, 0.6) is 5.75 Å². The number of fused-ring (bicyclic) bond motifs is 1. The molecule has 0 spiro atoms. The van der Waals surface area contributed by atoms with Gasteiger partial charge in [-0.15, -0.1) is 0 Å². The van der Waals surface area contributed by atoms with Crippen molar-refractivity contribution < 1.29 is 9.90 Å². The fraction of sp³-hybridized carbons (Fsp3) is 0.133. The Hall–Kier alpha value is -2.49. The molecule has 1 atom stereocenters. The second-order valence-corrected chi connectivity index (χ2v) is 4.80. The molecule has 3 N–H and O–H groups in total. The maximum absolute atomic E-state index is 12.1. The van der Waals surface area contributed by atoms with E-state index >= 15 is 0 Å². The van der Waals surface area contributed by atoms with Crippen molar-refractivity contribution in [3.05, 3.63) is 59.7 Å². The number of phenols is 1. The van der Waals surface area contributed by atoms with E-state index in [1.165, 1.54) is 0 Å². The Balaban J connectivity index is 2.04. The number of nitrogens with one attached hydrogen (secondary N) is 2. The van der Waals surface area contributed by atoms with Crippen LogP contribution in [0.25, 0.3) is 0 Å². The molecule has 1 heterocycles. The summed E-state index contributed by atoms with van der Waals surface area (Å²) >= 11 is 0. The molecule has 2 aromatic carbocycles. The number of benzene rings is 2. The SMILES string of the molecule is CC1(c2ccc(O)cc2)NC(=O)c2ccccc2N1. The number of hydrogen-bond donors (Lipinski definition) is 3. The van der Waals surface area contributed by atoms with E-state index in [1.54, 1.807) is 30.3 Å². The Morgan fingerprint density at radius 2 is 1.68 bits per heavy atom. The largest absolute Gasteiger partial charge is 0.508 e. The molecule has 0 saturated heterocycles. The number of carbonyl (C=O) groups excluding carboxylic acids is 1. The first-order chi connectivity index (χ1) is 9.08. The van der Waals surface area contributed by atoms with Gasteiger partial charge >= 0.3 is 0 Å². The number of hydrogen-bond acceptors (Lipinski definition) is 3. The molecule has 0 radical (unpaired) electrons. The predicted molar refractivity (Wildman–Crippen MR) is 73.0 cm³/mol. The van der Waals surface area contributed by atoms with E-state index in [4.69, 9.17) is 0 Å². The van der Waals surface area contributed by atoms with Crippen molar-refractivity contribution in [3.63, 3.8) is 0 Å². The summed E-state index contributed by atoms with van der Waals surface area (Å²) in [5.74, 6) is 0.0970. The van der Waals surface area contributed by atoms with Gasteiger partial charge in [-0.05, 0) is 36.8 Å². The summed E-state index contributed by atoms with van der Waals surface area (Å²) in [6.45, 7) is 1.90. The van der Waals surface area contributed by atoms with E-state index in [0.29, 0.717) is 5.56 Å². The van der Waals surface area contributed by atoms with Gasteiger partial charge < -0.3 is 15.7 Å². The number of para-hydroxylation sites is 1. The topological polar surface area (TPSA) is 61.4 Å². The van der Waals surface area contributed by atoms with Crippen LogP contribution in [0.3, 0.4) is 0 Å². The van der Waals surface area contributed by atoms with E-state index in [2.05, 4.69) is 10.6 Å². The third kappa shape index (κ3) is 1.91. The van der Waals surface area contributed by atoms with Gasteiger partial charge in [-0.2, -0.15) is 0 Å². The van der Waals surface area contributed by atoms with Crippen LogP contribution in [0.4, 0.5) is 5.69 Å². The highest BCUT2D eigenvalue weighted by Crippen LogP contribution is 2.31. The van der Waals surface area contributed by atoms with E-state index in [9.17, 15) is 9.90 Å². The molecule has 1 aliphatic rings. The molecule has 2 aromatic rings. The van der Waals surface area contributed by atoms with Crippen molar-refractivity contribution in [2.45, 2.75) is 12.6 Å². The van der Waals surface area contributed by atoms with Gasteiger partial charge in [-0.3, -0.25) is 4.79 Å². The first-order valence-electron chi connectivity index (χ1n) is 6.08. The molecule has 3 rings (SSSR count). The van der Waals surface area contributed by atoms with Gasteiger partial charge in [0.15, 0.2) is 0 Å². The normalized spacial score (nSPS) is 21.2. The number of carbonyl (C=O) groups is 1. The minimum Gasteiger partial charge on any atom is -0.508 e. The van der Waals surface area contributed by atoms with Crippen molar-refractivity contribution in [2.24, 2.45) is 0 Å². The zero-order valence-corrected chi connectivity index (χ0v) is 10.5. The summed E-state index contributed by atoms with van der Waals surface area (Å²) < 4.78 is 0. The average molecular weight is 254 g/mol. The number of rotatable bonds is 1. The summed E-state index contributed by atoms with van der Waals surface area (Å²) in [5.41, 5.74) is 1.65. The Bertz CT molecular complexity index is 637. The highest BCUT2D eigenvalue weighted by atomic mass is 16.3. The number of aromatic hydroxyl groups is 1. The lowest BCUT2D eigenvalue weighted by atomic mass is 9.96. The van der Waals surface area contributed by atoms with Crippen LogP contribution in [0.1, 0.15) is 22.8 Å². The van der Waals surface area contributed by atoms with Crippen LogP contribution in [-0.4, -0.2) is 11.0 Å². The summed E-state index contributed by atoms with van der Waals surface area (Å²) in [6.07, 6.45) is 0. The first kappa shape index (κ1) is 11.6. The maximum atomic E-state index is 12.1. The molecular weight excluding hydrogens is 240 g/mol. The minimum absolute atomic E-state index is 0.107. The van der Waals surface area contributed by atoms with E-state index in [-0.39, 0.29) is 11.7 Å². The molecule has 0 saturated carbocycles. The molecule has 19 heavy (non-hydrogen) atoms. The molecule has 1 unspecified atom stereocenters. The zero-order valence-electron chi connectivity index (χ0n) is 10.5. The Morgan fingerprint density at radius 1 is 1.00 bits per heavy atom. The number of phenolic OH excluding ortho intramolecular Hbond substituents is 1. The highest BCUT2D eigenvalue weighted by molar-refractivity contribution is 6.02. The molecule has 4 heteroatoms. The van der Waals surface area contributed by atoms with Gasteiger partial charge in [0.05, 0.1) is 5.56 Å². The minimum atomic E-state index is -0.681. The summed E-state index contributed by atoms with van der Waals surface area (Å²) in [4.78, 5) is 12.1. The third-order valence-electron chi connectivity index (χ3n) is 3.36. The predicted octanol–water partition coefficient (Wildman–Crippen LogP) is 2.42. The Morgan fingerprint density at radius 3 is 2.42 bits per heavy atom. The molecule has 96 valence electrons. The van der Waals surface area contributed by atoms with Gasteiger partial charge in [0.1, 0.15) is 11.4 Å². The molecule has 1 aliphatic heterocycles. The maximum Gasteiger partial charge on any atom is 0.255 e. The van der Waals surface area contributed by atoms with Crippen LogP contribution >= 0.6 is 0 Å². The third-order valence-corrected chi connectivity index (χ3v) is 3.36. The Kier molecular flexibility index (Phi) is 2.45. The Labute approximate surface area is 111 Å². The molecule has 4 nitrogen and oxygen atoms in total. The van der Waals surface area contributed by atoms with E-state index < -0.39 is 5.66 Å². The second kappa shape index (κ2) is 4.02. The summed E-state index contributed by atoms with van der Waals surface area (Å²) in [7, 11) is 0. The molecular formula is C15H14N2O2. The van der Waals surface area contributed by atoms with Crippen molar-refractivity contribution in [1.29, 1.82) is 0 Å². The average Bonchev–Trinajstić information content (AvgIpc) is 2.39. The zero-order chi connectivity index (χ0) is 13.5. The fourth-order valence-corrected chi connectivity index (χ4v) is 2.32. The van der Waals surface area contributed by atoms with Crippen LogP contribution in [0, 0.1) is 0 Å². The van der Waals surface area contributed by atoms with Gasteiger partial charge in [0.25, 0.3) is 5.91 Å². The van der Waals surface area contributed by atoms with Crippen molar-refractivity contribution in [1.82, 2.24) is 5.32 Å². The highest BCUT2D eigenvalue weighted by Gasteiger charge is 2.34. The van der Waals surface area contributed by atoms with Gasteiger partial charge in [0.2, 0.25) is 0 Å². The quantitative estimate of drug-likeness (QED) is 0.732. The van der Waals surface area contributed by atoms with Crippen LogP contribution in [-0.2, 0) is 5.66 Å². The number of amides is 1. The lowest BCUT2D eigenvalue weighted by molar-refractivity contribution is 0.0906.